The highest BCUT2D eigenvalue weighted by molar-refractivity contribution is 5.87. The lowest BCUT2D eigenvalue weighted by atomic mass is 10.1. The van der Waals surface area contributed by atoms with Crippen LogP contribution >= 0.6 is 0 Å². The minimum absolute atomic E-state index is 0.123. The molecular formula is C13H14N2O3. The normalized spacial score (nSPS) is 11.1. The van der Waals surface area contributed by atoms with Gasteiger partial charge >= 0.3 is 5.97 Å². The highest BCUT2D eigenvalue weighted by Crippen LogP contribution is 2.00. The molecule has 0 heterocycles. The van der Waals surface area contributed by atoms with Crippen molar-refractivity contribution in [1.29, 1.82) is 5.26 Å². The van der Waals surface area contributed by atoms with Crippen LogP contribution in [0.2, 0.25) is 0 Å². The topological polar surface area (TPSA) is 79.2 Å². The number of esters is 1. The number of rotatable bonds is 5. The van der Waals surface area contributed by atoms with E-state index in [9.17, 15) is 9.59 Å². The molecule has 0 aliphatic rings. The van der Waals surface area contributed by atoms with Crippen molar-refractivity contribution in [2.45, 2.75) is 19.4 Å². The van der Waals surface area contributed by atoms with Crippen molar-refractivity contribution in [1.82, 2.24) is 5.32 Å². The van der Waals surface area contributed by atoms with E-state index in [1.54, 1.807) is 25.1 Å². The fraction of sp³-hybridized carbons (Fsp3) is 0.308. The van der Waals surface area contributed by atoms with E-state index in [1.165, 1.54) is 0 Å². The minimum Gasteiger partial charge on any atom is -0.464 e. The van der Waals surface area contributed by atoms with E-state index in [1.807, 2.05) is 18.2 Å². The summed E-state index contributed by atoms with van der Waals surface area (Å²) < 4.78 is 4.67. The predicted octanol–water partition coefficient (Wildman–Crippen LogP) is 0.801. The summed E-state index contributed by atoms with van der Waals surface area (Å²) in [6, 6.07) is 9.52. The molecule has 1 amide bonds. The highest BCUT2D eigenvalue weighted by atomic mass is 16.5. The van der Waals surface area contributed by atoms with E-state index in [0.29, 0.717) is 0 Å². The second kappa shape index (κ2) is 7.07. The number of amides is 1. The Balaban J connectivity index is 2.53. The molecule has 0 aromatic heterocycles. The van der Waals surface area contributed by atoms with Gasteiger partial charge in [-0.25, -0.2) is 4.79 Å². The number of ether oxygens (including phenoxy) is 1. The fourth-order valence-electron chi connectivity index (χ4n) is 1.36. The molecule has 0 spiro atoms. The fourth-order valence-corrected chi connectivity index (χ4v) is 1.36. The van der Waals surface area contributed by atoms with Gasteiger partial charge in [0.05, 0.1) is 19.1 Å². The standard InChI is InChI=1S/C13H14N2O3/c1-2-18-13(17)11(9-14)15-12(16)8-10-6-4-3-5-7-10/h3-7,11H,2,8H2,1H3,(H,15,16). The van der Waals surface area contributed by atoms with Crippen molar-refractivity contribution in [3.8, 4) is 6.07 Å². The first kappa shape index (κ1) is 13.7. The molecule has 1 atom stereocenters. The number of benzene rings is 1. The molecular weight excluding hydrogens is 232 g/mol. The Kier molecular flexibility index (Phi) is 5.39. The maximum atomic E-state index is 11.6. The van der Waals surface area contributed by atoms with Crippen LogP contribution in [0.1, 0.15) is 12.5 Å². The molecule has 1 rings (SSSR count). The maximum absolute atomic E-state index is 11.6. The lowest BCUT2D eigenvalue weighted by Gasteiger charge is -2.10. The van der Waals surface area contributed by atoms with Crippen LogP contribution in [0.25, 0.3) is 0 Å². The summed E-state index contributed by atoms with van der Waals surface area (Å²) >= 11 is 0. The Bertz CT molecular complexity index is 451. The van der Waals surface area contributed by atoms with Crippen LogP contribution in [0.3, 0.4) is 0 Å². The number of nitriles is 1. The van der Waals surface area contributed by atoms with Gasteiger partial charge in [0.2, 0.25) is 11.9 Å². The van der Waals surface area contributed by atoms with Crippen LogP contribution in [0.5, 0.6) is 0 Å². The Labute approximate surface area is 105 Å². The molecule has 1 N–H and O–H groups in total. The lowest BCUT2D eigenvalue weighted by molar-refractivity contribution is -0.145. The van der Waals surface area contributed by atoms with Crippen molar-refractivity contribution in [2.75, 3.05) is 6.61 Å². The first-order valence-electron chi connectivity index (χ1n) is 5.57. The molecule has 0 saturated carbocycles. The number of carbonyl (C=O) groups is 2. The lowest BCUT2D eigenvalue weighted by Crippen LogP contribution is -2.41. The van der Waals surface area contributed by atoms with Crippen LogP contribution in [0.15, 0.2) is 30.3 Å². The first-order valence-corrected chi connectivity index (χ1v) is 5.57. The average molecular weight is 246 g/mol. The smallest absolute Gasteiger partial charge is 0.343 e. The molecule has 18 heavy (non-hydrogen) atoms. The SMILES string of the molecule is CCOC(=O)C(C#N)NC(=O)Cc1ccccc1. The molecule has 1 aromatic rings. The van der Waals surface area contributed by atoms with Gasteiger partial charge < -0.3 is 10.1 Å². The van der Waals surface area contributed by atoms with E-state index in [0.717, 1.165) is 5.56 Å². The van der Waals surface area contributed by atoms with Gasteiger partial charge in [-0.3, -0.25) is 4.79 Å². The minimum atomic E-state index is -1.25. The largest absolute Gasteiger partial charge is 0.464 e. The van der Waals surface area contributed by atoms with E-state index in [4.69, 9.17) is 5.26 Å². The monoisotopic (exact) mass is 246 g/mol. The van der Waals surface area contributed by atoms with Crippen LogP contribution in [-0.4, -0.2) is 24.5 Å². The van der Waals surface area contributed by atoms with Crippen molar-refractivity contribution in [2.24, 2.45) is 0 Å². The van der Waals surface area contributed by atoms with Gasteiger partial charge in [-0.1, -0.05) is 30.3 Å². The molecule has 0 fully saturated rings. The van der Waals surface area contributed by atoms with Crippen LogP contribution in [0.4, 0.5) is 0 Å². The number of nitrogens with one attached hydrogen (secondary N) is 1. The van der Waals surface area contributed by atoms with Gasteiger partial charge in [-0.05, 0) is 12.5 Å². The predicted molar refractivity (Wildman–Crippen MR) is 64.3 cm³/mol. The Morgan fingerprint density at radius 1 is 1.39 bits per heavy atom. The second-order valence-corrected chi connectivity index (χ2v) is 3.54. The molecule has 1 aromatic carbocycles. The molecule has 5 nitrogen and oxygen atoms in total. The van der Waals surface area contributed by atoms with Gasteiger partial charge in [0.25, 0.3) is 0 Å². The molecule has 5 heteroatoms. The number of carbonyl (C=O) groups excluding carboxylic acids is 2. The van der Waals surface area contributed by atoms with Gasteiger partial charge in [-0.15, -0.1) is 0 Å². The summed E-state index contributed by atoms with van der Waals surface area (Å²) in [5, 5.41) is 11.1. The third-order valence-electron chi connectivity index (χ3n) is 2.16. The molecule has 0 saturated heterocycles. The van der Waals surface area contributed by atoms with Gasteiger partial charge in [-0.2, -0.15) is 5.26 Å². The van der Waals surface area contributed by atoms with Crippen LogP contribution < -0.4 is 5.32 Å². The molecule has 0 aliphatic heterocycles. The summed E-state index contributed by atoms with van der Waals surface area (Å²) in [7, 11) is 0. The van der Waals surface area contributed by atoms with E-state index in [2.05, 4.69) is 10.1 Å². The van der Waals surface area contributed by atoms with E-state index >= 15 is 0 Å². The van der Waals surface area contributed by atoms with Crippen molar-refractivity contribution < 1.29 is 14.3 Å². The Morgan fingerprint density at radius 2 is 2.06 bits per heavy atom. The zero-order valence-corrected chi connectivity index (χ0v) is 10.1. The summed E-state index contributed by atoms with van der Waals surface area (Å²) in [6.07, 6.45) is 0.123. The molecule has 94 valence electrons. The highest BCUT2D eigenvalue weighted by Gasteiger charge is 2.21. The first-order chi connectivity index (χ1) is 8.67. The number of hydrogen-bond donors (Lipinski definition) is 1. The van der Waals surface area contributed by atoms with E-state index < -0.39 is 12.0 Å². The van der Waals surface area contributed by atoms with Crippen molar-refractivity contribution in [3.63, 3.8) is 0 Å². The van der Waals surface area contributed by atoms with Crippen LogP contribution in [-0.2, 0) is 20.7 Å². The summed E-state index contributed by atoms with van der Waals surface area (Å²) in [4.78, 5) is 22.9. The maximum Gasteiger partial charge on any atom is 0.343 e. The van der Waals surface area contributed by atoms with E-state index in [-0.39, 0.29) is 18.9 Å². The summed E-state index contributed by atoms with van der Waals surface area (Å²) in [5.41, 5.74) is 0.815. The summed E-state index contributed by atoms with van der Waals surface area (Å²) in [6.45, 7) is 1.81. The second-order valence-electron chi connectivity index (χ2n) is 3.54. The zero-order valence-electron chi connectivity index (χ0n) is 10.1. The van der Waals surface area contributed by atoms with Crippen LogP contribution in [0, 0.1) is 11.3 Å². The Morgan fingerprint density at radius 3 is 2.61 bits per heavy atom. The third-order valence-corrected chi connectivity index (χ3v) is 2.16. The number of nitrogens with zero attached hydrogens (tertiary/aromatic N) is 1. The average Bonchev–Trinajstić information content (AvgIpc) is 2.37. The molecule has 0 bridgehead atoms. The quantitative estimate of drug-likeness (QED) is 0.779. The summed E-state index contributed by atoms with van der Waals surface area (Å²) in [5.74, 6) is -1.12. The molecule has 0 aliphatic carbocycles. The van der Waals surface area contributed by atoms with Crippen molar-refractivity contribution >= 4 is 11.9 Å². The van der Waals surface area contributed by atoms with Gasteiger partial charge in [0.1, 0.15) is 0 Å². The zero-order chi connectivity index (χ0) is 13.4. The van der Waals surface area contributed by atoms with Gasteiger partial charge in [0, 0.05) is 0 Å². The number of hydrogen-bond acceptors (Lipinski definition) is 4. The molecule has 1 unspecified atom stereocenters. The van der Waals surface area contributed by atoms with Gasteiger partial charge in [0.15, 0.2) is 0 Å². The van der Waals surface area contributed by atoms with Crippen molar-refractivity contribution in [3.05, 3.63) is 35.9 Å². The third kappa shape index (κ3) is 4.26. The Hall–Kier alpha value is -2.35. The molecule has 0 radical (unpaired) electrons.